The monoisotopic (exact) mass is 222 g/mol. The molecule has 1 aromatic rings. The summed E-state index contributed by atoms with van der Waals surface area (Å²) in [7, 11) is 1.88. The Balaban J connectivity index is 2.24. The zero-order valence-corrected chi connectivity index (χ0v) is 9.81. The van der Waals surface area contributed by atoms with Gasteiger partial charge in [-0.25, -0.2) is 4.98 Å². The quantitative estimate of drug-likeness (QED) is 0.853. The zero-order chi connectivity index (χ0) is 11.7. The Morgan fingerprint density at radius 2 is 2.19 bits per heavy atom. The van der Waals surface area contributed by atoms with Crippen molar-refractivity contribution in [3.05, 3.63) is 17.7 Å². The lowest BCUT2D eigenvalue weighted by Gasteiger charge is -2.05. The van der Waals surface area contributed by atoms with E-state index in [-0.39, 0.29) is 0 Å². The van der Waals surface area contributed by atoms with E-state index in [0.717, 1.165) is 5.69 Å². The molecular weight excluding hydrogens is 204 g/mol. The van der Waals surface area contributed by atoms with E-state index in [9.17, 15) is 4.79 Å². The Labute approximate surface area is 95.3 Å². The standard InChI is InChI=1S/C12H18N2O2/c1-8(12(15)16)11-13-10(7-14(11)2)9-5-3-4-6-9/h7-9H,3-6H2,1-2H3,(H,15,16). The lowest BCUT2D eigenvalue weighted by Crippen LogP contribution is -2.12. The molecule has 0 radical (unpaired) electrons. The molecule has 0 bridgehead atoms. The average molecular weight is 222 g/mol. The molecule has 4 heteroatoms. The number of nitrogens with zero attached hydrogens (tertiary/aromatic N) is 2. The second kappa shape index (κ2) is 4.28. The number of hydrogen-bond acceptors (Lipinski definition) is 2. The molecule has 1 aliphatic rings. The zero-order valence-electron chi connectivity index (χ0n) is 9.81. The van der Waals surface area contributed by atoms with Crippen LogP contribution < -0.4 is 0 Å². The molecule has 0 saturated heterocycles. The topological polar surface area (TPSA) is 55.1 Å². The molecular formula is C12H18N2O2. The third-order valence-electron chi connectivity index (χ3n) is 3.46. The molecule has 2 rings (SSSR count). The summed E-state index contributed by atoms with van der Waals surface area (Å²) in [5, 5.41) is 8.98. The summed E-state index contributed by atoms with van der Waals surface area (Å²) in [6.07, 6.45) is 6.91. The SMILES string of the molecule is CC(C(=O)O)c1nc(C2CCCC2)cn1C. The van der Waals surface area contributed by atoms with Gasteiger partial charge in [0, 0.05) is 19.2 Å². The van der Waals surface area contributed by atoms with Gasteiger partial charge in [0.2, 0.25) is 0 Å². The van der Waals surface area contributed by atoms with Gasteiger partial charge in [0.15, 0.2) is 0 Å². The van der Waals surface area contributed by atoms with Gasteiger partial charge in [0.25, 0.3) is 0 Å². The van der Waals surface area contributed by atoms with Crippen LogP contribution in [0.1, 0.15) is 56.0 Å². The molecule has 88 valence electrons. The molecule has 1 atom stereocenters. The van der Waals surface area contributed by atoms with Gasteiger partial charge in [-0.15, -0.1) is 0 Å². The van der Waals surface area contributed by atoms with Crippen LogP contribution >= 0.6 is 0 Å². The molecule has 16 heavy (non-hydrogen) atoms. The molecule has 0 aromatic carbocycles. The summed E-state index contributed by atoms with van der Waals surface area (Å²) >= 11 is 0. The van der Waals surface area contributed by atoms with Crippen molar-refractivity contribution in [2.24, 2.45) is 7.05 Å². The van der Waals surface area contributed by atoms with Crippen molar-refractivity contribution in [2.45, 2.75) is 44.4 Å². The van der Waals surface area contributed by atoms with Crippen molar-refractivity contribution in [2.75, 3.05) is 0 Å². The van der Waals surface area contributed by atoms with Crippen molar-refractivity contribution >= 4 is 5.97 Å². The molecule has 1 aromatic heterocycles. The third-order valence-corrected chi connectivity index (χ3v) is 3.46. The second-order valence-corrected chi connectivity index (χ2v) is 4.68. The fraction of sp³-hybridized carbons (Fsp3) is 0.667. The number of aromatic nitrogens is 2. The first-order valence-electron chi connectivity index (χ1n) is 5.85. The largest absolute Gasteiger partial charge is 0.481 e. The Bertz CT molecular complexity index is 392. The van der Waals surface area contributed by atoms with E-state index in [4.69, 9.17) is 5.11 Å². The Hall–Kier alpha value is -1.32. The normalized spacial score (nSPS) is 18.9. The van der Waals surface area contributed by atoms with E-state index in [2.05, 4.69) is 4.98 Å². The van der Waals surface area contributed by atoms with Crippen LogP contribution in [0.25, 0.3) is 0 Å². The molecule has 1 N–H and O–H groups in total. The molecule has 1 saturated carbocycles. The Morgan fingerprint density at radius 3 is 2.75 bits per heavy atom. The fourth-order valence-electron chi connectivity index (χ4n) is 2.44. The van der Waals surface area contributed by atoms with Gasteiger partial charge in [-0.1, -0.05) is 12.8 Å². The van der Waals surface area contributed by atoms with Gasteiger partial charge in [-0.05, 0) is 19.8 Å². The van der Waals surface area contributed by atoms with E-state index in [0.29, 0.717) is 11.7 Å². The van der Waals surface area contributed by atoms with Crippen LogP contribution in [-0.2, 0) is 11.8 Å². The summed E-state index contributed by atoms with van der Waals surface area (Å²) < 4.78 is 1.85. The Kier molecular flexibility index (Phi) is 2.99. The number of aliphatic carboxylic acids is 1. The number of imidazole rings is 1. The number of aryl methyl sites for hydroxylation is 1. The first-order chi connectivity index (χ1) is 7.59. The first kappa shape index (κ1) is 11.2. The number of hydrogen-bond donors (Lipinski definition) is 1. The van der Waals surface area contributed by atoms with Crippen molar-refractivity contribution in [3.8, 4) is 0 Å². The molecule has 1 unspecified atom stereocenters. The smallest absolute Gasteiger partial charge is 0.313 e. The van der Waals surface area contributed by atoms with E-state index >= 15 is 0 Å². The van der Waals surface area contributed by atoms with Crippen LogP contribution in [0.15, 0.2) is 6.20 Å². The van der Waals surface area contributed by atoms with Gasteiger partial charge >= 0.3 is 5.97 Å². The first-order valence-corrected chi connectivity index (χ1v) is 5.85. The van der Waals surface area contributed by atoms with Crippen molar-refractivity contribution in [1.82, 2.24) is 9.55 Å². The number of carbonyl (C=O) groups is 1. The minimum atomic E-state index is -0.813. The summed E-state index contributed by atoms with van der Waals surface area (Å²) in [4.78, 5) is 15.4. The van der Waals surface area contributed by atoms with Crippen molar-refractivity contribution in [3.63, 3.8) is 0 Å². The predicted octanol–water partition coefficient (Wildman–Crippen LogP) is 2.27. The molecule has 0 spiro atoms. The van der Waals surface area contributed by atoms with Gasteiger partial charge in [-0.3, -0.25) is 4.79 Å². The minimum absolute atomic E-state index is 0.528. The summed E-state index contributed by atoms with van der Waals surface area (Å²) in [5.41, 5.74) is 1.07. The van der Waals surface area contributed by atoms with Crippen LogP contribution in [0, 0.1) is 0 Å². The van der Waals surface area contributed by atoms with Gasteiger partial charge < -0.3 is 9.67 Å². The highest BCUT2D eigenvalue weighted by atomic mass is 16.4. The highest BCUT2D eigenvalue weighted by Gasteiger charge is 2.24. The lowest BCUT2D eigenvalue weighted by atomic mass is 10.1. The Morgan fingerprint density at radius 1 is 1.56 bits per heavy atom. The summed E-state index contributed by atoms with van der Waals surface area (Å²) in [6.45, 7) is 1.68. The maximum atomic E-state index is 10.9. The maximum Gasteiger partial charge on any atom is 0.313 e. The summed E-state index contributed by atoms with van der Waals surface area (Å²) in [6, 6.07) is 0. The van der Waals surface area contributed by atoms with Crippen molar-refractivity contribution in [1.29, 1.82) is 0 Å². The molecule has 4 nitrogen and oxygen atoms in total. The maximum absolute atomic E-state index is 10.9. The average Bonchev–Trinajstić information content (AvgIpc) is 2.84. The van der Waals surface area contributed by atoms with E-state index in [1.54, 1.807) is 6.92 Å². The molecule has 1 aliphatic carbocycles. The van der Waals surface area contributed by atoms with Crippen LogP contribution in [0.4, 0.5) is 0 Å². The van der Waals surface area contributed by atoms with E-state index in [1.807, 2.05) is 17.8 Å². The van der Waals surface area contributed by atoms with E-state index in [1.165, 1.54) is 25.7 Å². The number of carboxylic acid groups (broad SMARTS) is 1. The van der Waals surface area contributed by atoms with Crippen LogP contribution in [0.2, 0.25) is 0 Å². The third kappa shape index (κ3) is 1.96. The van der Waals surface area contributed by atoms with Crippen LogP contribution in [0.3, 0.4) is 0 Å². The van der Waals surface area contributed by atoms with Crippen molar-refractivity contribution < 1.29 is 9.90 Å². The van der Waals surface area contributed by atoms with Crippen LogP contribution in [-0.4, -0.2) is 20.6 Å². The highest BCUT2D eigenvalue weighted by molar-refractivity contribution is 5.74. The van der Waals surface area contributed by atoms with E-state index < -0.39 is 11.9 Å². The molecule has 1 heterocycles. The van der Waals surface area contributed by atoms with Gasteiger partial charge in [0.05, 0.1) is 5.69 Å². The molecule has 1 fully saturated rings. The summed E-state index contributed by atoms with van der Waals surface area (Å²) in [5.74, 6) is -0.137. The lowest BCUT2D eigenvalue weighted by molar-refractivity contribution is -0.138. The molecule has 0 aliphatic heterocycles. The van der Waals surface area contributed by atoms with Crippen LogP contribution in [0.5, 0.6) is 0 Å². The van der Waals surface area contributed by atoms with Gasteiger partial charge in [-0.2, -0.15) is 0 Å². The fourth-order valence-corrected chi connectivity index (χ4v) is 2.44. The minimum Gasteiger partial charge on any atom is -0.481 e. The number of rotatable bonds is 3. The number of carboxylic acids is 1. The van der Waals surface area contributed by atoms with Gasteiger partial charge in [0.1, 0.15) is 11.7 Å². The second-order valence-electron chi connectivity index (χ2n) is 4.68. The highest BCUT2D eigenvalue weighted by Crippen LogP contribution is 2.33. The predicted molar refractivity (Wildman–Crippen MR) is 60.5 cm³/mol. The molecule has 0 amide bonds.